The van der Waals surface area contributed by atoms with Crippen molar-refractivity contribution >= 4 is 33.0 Å². The van der Waals surface area contributed by atoms with Gasteiger partial charge in [0, 0.05) is 42.2 Å². The fourth-order valence-corrected chi connectivity index (χ4v) is 5.99. The van der Waals surface area contributed by atoms with E-state index in [0.717, 1.165) is 29.8 Å². The van der Waals surface area contributed by atoms with E-state index in [9.17, 15) is 8.42 Å². The van der Waals surface area contributed by atoms with E-state index in [1.165, 1.54) is 0 Å². The molecule has 0 amide bonds. The molecule has 7 nitrogen and oxygen atoms in total. The first-order valence-corrected chi connectivity index (χ1v) is 14.1. The zero-order valence-electron chi connectivity index (χ0n) is 20.0. The number of halogens is 2. The van der Waals surface area contributed by atoms with E-state index in [-0.39, 0.29) is 11.7 Å². The van der Waals surface area contributed by atoms with Crippen molar-refractivity contribution in [2.45, 2.75) is 23.8 Å². The van der Waals surface area contributed by atoms with Crippen molar-refractivity contribution in [1.82, 2.24) is 4.90 Å². The van der Waals surface area contributed by atoms with Crippen LogP contribution in [0.25, 0.3) is 0 Å². The fraction of sp³-hybridized carbons (Fsp3) is 0.520. The molecule has 0 aromatic heterocycles. The second kappa shape index (κ2) is 13.9. The molecule has 35 heavy (non-hydrogen) atoms. The maximum atomic E-state index is 12.8. The Labute approximate surface area is 218 Å². The van der Waals surface area contributed by atoms with Crippen LogP contribution in [-0.2, 0) is 30.6 Å². The molecule has 1 atom stereocenters. The van der Waals surface area contributed by atoms with Gasteiger partial charge in [-0.05, 0) is 54.4 Å². The average Bonchev–Trinajstić information content (AvgIpc) is 2.83. The minimum atomic E-state index is -3.39. The number of likely N-dealkylation sites (N-methyl/N-ethyl adjacent to an activating group) is 1. The molecule has 0 fully saturated rings. The number of nitrogens with zero attached hydrogens (tertiary/aromatic N) is 1. The largest absolute Gasteiger partial charge is 0.379 e. The Kier molecular flexibility index (Phi) is 11.3. The smallest absolute Gasteiger partial charge is 0.178 e. The van der Waals surface area contributed by atoms with E-state index in [4.69, 9.17) is 43.1 Å². The van der Waals surface area contributed by atoms with E-state index >= 15 is 0 Å². The minimum Gasteiger partial charge on any atom is -0.379 e. The number of fused-ring (bicyclic) bond motifs is 1. The summed E-state index contributed by atoms with van der Waals surface area (Å²) >= 11 is 12.7. The molecule has 1 aliphatic rings. The van der Waals surface area contributed by atoms with Gasteiger partial charge in [-0.2, -0.15) is 0 Å². The molecule has 10 heteroatoms. The van der Waals surface area contributed by atoms with Gasteiger partial charge in [-0.15, -0.1) is 0 Å². The van der Waals surface area contributed by atoms with Gasteiger partial charge in [0.05, 0.1) is 43.7 Å². The summed E-state index contributed by atoms with van der Waals surface area (Å²) in [5, 5.41) is 1.27. The van der Waals surface area contributed by atoms with Crippen LogP contribution in [0.15, 0.2) is 41.3 Å². The van der Waals surface area contributed by atoms with Gasteiger partial charge >= 0.3 is 0 Å². The second-order valence-electron chi connectivity index (χ2n) is 8.57. The van der Waals surface area contributed by atoms with Crippen molar-refractivity contribution in [3.8, 4) is 0 Å². The molecule has 194 valence electrons. The van der Waals surface area contributed by atoms with E-state index in [2.05, 4.69) is 4.90 Å². The summed E-state index contributed by atoms with van der Waals surface area (Å²) in [6.45, 7) is 4.77. The Morgan fingerprint density at radius 2 is 1.60 bits per heavy atom. The first-order chi connectivity index (χ1) is 16.8. The molecule has 0 radical (unpaired) electrons. The molecule has 0 unspecified atom stereocenters. The molecule has 0 saturated heterocycles. The summed E-state index contributed by atoms with van der Waals surface area (Å²) in [4.78, 5) is 2.52. The zero-order chi connectivity index (χ0) is 25.3. The summed E-state index contributed by atoms with van der Waals surface area (Å²) in [5.74, 6) is 0.0971. The molecule has 0 spiro atoms. The van der Waals surface area contributed by atoms with Crippen LogP contribution in [0.3, 0.4) is 0 Å². The van der Waals surface area contributed by atoms with Gasteiger partial charge in [0.1, 0.15) is 0 Å². The summed E-state index contributed by atoms with van der Waals surface area (Å²) < 4.78 is 41.6. The molecule has 3 rings (SSSR count). The van der Waals surface area contributed by atoms with E-state index in [0.29, 0.717) is 67.5 Å². The highest BCUT2D eigenvalue weighted by Crippen LogP contribution is 2.38. The molecular formula is C25H34Cl2N2O5S. The third-order valence-electron chi connectivity index (χ3n) is 5.84. The number of hydrogen-bond donors (Lipinski definition) is 1. The summed E-state index contributed by atoms with van der Waals surface area (Å²) in [5.41, 5.74) is 8.53. The lowest BCUT2D eigenvalue weighted by Crippen LogP contribution is -2.31. The van der Waals surface area contributed by atoms with E-state index < -0.39 is 9.84 Å². The SMILES string of the molecule is CN1Cc2c(Cl)cc(Cl)cc2[C@@H](c2ccc(S(=O)(=O)CCCOCCOCCOCCN)cc2)C1. The Hall–Kier alpha value is -1.23. The predicted molar refractivity (Wildman–Crippen MR) is 139 cm³/mol. The number of sulfone groups is 1. The number of nitrogens with two attached hydrogens (primary N) is 1. The number of ether oxygens (including phenoxy) is 3. The zero-order valence-corrected chi connectivity index (χ0v) is 22.4. The first kappa shape index (κ1) is 28.3. The van der Waals surface area contributed by atoms with Crippen LogP contribution < -0.4 is 5.73 Å². The van der Waals surface area contributed by atoms with Gasteiger partial charge < -0.3 is 24.8 Å². The van der Waals surface area contributed by atoms with Gasteiger partial charge in [0.15, 0.2) is 9.84 Å². The standard InChI is InChI=1S/C25H34Cl2N2O5S/c1-29-17-23(22-15-20(26)16-25(27)24(22)18-29)19-3-5-21(6-4-19)35(30,31)14-2-8-32-10-12-34-13-11-33-9-7-28/h3-6,15-16,23H,2,7-14,17-18,28H2,1H3/t23-/m1/s1. The van der Waals surface area contributed by atoms with E-state index in [1.54, 1.807) is 18.2 Å². The Morgan fingerprint density at radius 3 is 2.26 bits per heavy atom. The summed E-state index contributed by atoms with van der Waals surface area (Å²) in [7, 11) is -1.35. The van der Waals surface area contributed by atoms with Crippen LogP contribution in [0, 0.1) is 0 Å². The number of rotatable bonds is 14. The van der Waals surface area contributed by atoms with Crippen LogP contribution in [-0.4, -0.2) is 78.8 Å². The molecule has 0 saturated carbocycles. The highest BCUT2D eigenvalue weighted by molar-refractivity contribution is 7.91. The van der Waals surface area contributed by atoms with Gasteiger partial charge in [-0.25, -0.2) is 8.42 Å². The Balaban J connectivity index is 1.49. The lowest BCUT2D eigenvalue weighted by molar-refractivity contribution is 0.0162. The Morgan fingerprint density at radius 1 is 0.971 bits per heavy atom. The molecule has 1 aliphatic heterocycles. The molecule has 0 bridgehead atoms. The van der Waals surface area contributed by atoms with Crippen LogP contribution >= 0.6 is 23.2 Å². The van der Waals surface area contributed by atoms with Crippen molar-refractivity contribution in [2.24, 2.45) is 5.73 Å². The lowest BCUT2D eigenvalue weighted by Gasteiger charge is -2.33. The van der Waals surface area contributed by atoms with Gasteiger partial charge in [0.25, 0.3) is 0 Å². The topological polar surface area (TPSA) is 91.1 Å². The number of benzene rings is 2. The summed E-state index contributed by atoms with van der Waals surface area (Å²) in [6.07, 6.45) is 0.418. The van der Waals surface area contributed by atoms with Gasteiger partial charge in [-0.3, -0.25) is 0 Å². The maximum absolute atomic E-state index is 12.8. The molecule has 2 aromatic rings. The Bertz CT molecular complexity index is 1050. The lowest BCUT2D eigenvalue weighted by atomic mass is 9.85. The highest BCUT2D eigenvalue weighted by Gasteiger charge is 2.27. The third-order valence-corrected chi connectivity index (χ3v) is 8.21. The fourth-order valence-electron chi connectivity index (χ4n) is 4.13. The van der Waals surface area contributed by atoms with Gasteiger partial charge in [0.2, 0.25) is 0 Å². The van der Waals surface area contributed by atoms with E-state index in [1.807, 2.05) is 25.2 Å². The molecule has 2 aromatic carbocycles. The monoisotopic (exact) mass is 544 g/mol. The normalized spacial score (nSPS) is 16.4. The minimum absolute atomic E-state index is 0.0281. The van der Waals surface area contributed by atoms with Crippen LogP contribution in [0.5, 0.6) is 0 Å². The van der Waals surface area contributed by atoms with Crippen LogP contribution in [0.4, 0.5) is 0 Å². The average molecular weight is 546 g/mol. The second-order valence-corrected chi connectivity index (χ2v) is 11.5. The maximum Gasteiger partial charge on any atom is 0.178 e. The highest BCUT2D eigenvalue weighted by atomic mass is 35.5. The molecule has 0 aliphatic carbocycles. The van der Waals surface area contributed by atoms with Gasteiger partial charge in [-0.1, -0.05) is 35.3 Å². The summed E-state index contributed by atoms with van der Waals surface area (Å²) in [6, 6.07) is 10.9. The van der Waals surface area contributed by atoms with Crippen LogP contribution in [0.2, 0.25) is 10.0 Å². The van der Waals surface area contributed by atoms with Crippen molar-refractivity contribution in [1.29, 1.82) is 0 Å². The molecule has 1 heterocycles. The molecule has 2 N–H and O–H groups in total. The van der Waals surface area contributed by atoms with Crippen LogP contribution in [0.1, 0.15) is 29.0 Å². The van der Waals surface area contributed by atoms with Crippen molar-refractivity contribution in [2.75, 3.05) is 65.5 Å². The number of hydrogen-bond acceptors (Lipinski definition) is 7. The van der Waals surface area contributed by atoms with Crippen molar-refractivity contribution in [3.63, 3.8) is 0 Å². The first-order valence-electron chi connectivity index (χ1n) is 11.7. The third kappa shape index (κ3) is 8.40. The van der Waals surface area contributed by atoms with Crippen molar-refractivity contribution in [3.05, 3.63) is 63.1 Å². The quantitative estimate of drug-likeness (QED) is 0.362. The predicted octanol–water partition coefficient (Wildman–Crippen LogP) is 3.74. The molecular weight excluding hydrogens is 511 g/mol. The van der Waals surface area contributed by atoms with Crippen molar-refractivity contribution < 1.29 is 22.6 Å².